The van der Waals surface area contributed by atoms with E-state index in [1.807, 2.05) is 43.4 Å². The lowest BCUT2D eigenvalue weighted by Gasteiger charge is -2.07. The Morgan fingerprint density at radius 1 is 1.00 bits per heavy atom. The number of ether oxygens (including phenoxy) is 2. The van der Waals surface area contributed by atoms with E-state index in [2.05, 4.69) is 31.3 Å². The Balaban J connectivity index is 1.47. The van der Waals surface area contributed by atoms with Crippen LogP contribution in [0.1, 0.15) is 0 Å². The molecule has 0 atom stereocenters. The number of thioether (sulfide) groups is 1. The molecule has 0 saturated heterocycles. The van der Waals surface area contributed by atoms with Crippen molar-refractivity contribution >= 4 is 28.6 Å². The summed E-state index contributed by atoms with van der Waals surface area (Å²) >= 11 is 1.63. The number of aromatic nitrogens is 4. The van der Waals surface area contributed by atoms with Gasteiger partial charge in [0, 0.05) is 18.9 Å². The second kappa shape index (κ2) is 6.68. The number of nitrogens with zero attached hydrogens (tertiary/aromatic N) is 4. The molecule has 0 amide bonds. The Morgan fingerprint density at radius 3 is 2.64 bits per heavy atom. The average molecular weight is 354 g/mol. The van der Waals surface area contributed by atoms with Crippen molar-refractivity contribution in [2.75, 3.05) is 19.5 Å². The van der Waals surface area contributed by atoms with Crippen molar-refractivity contribution in [3.8, 4) is 11.5 Å². The highest BCUT2D eigenvalue weighted by molar-refractivity contribution is 7.99. The summed E-state index contributed by atoms with van der Waals surface area (Å²) in [5.74, 6) is 3.22. The second-order valence-corrected chi connectivity index (χ2v) is 6.60. The van der Waals surface area contributed by atoms with E-state index >= 15 is 0 Å². The zero-order valence-electron chi connectivity index (χ0n) is 14.0. The topological polar surface area (TPSA) is 53.6 Å². The number of hydrogen-bond acceptors (Lipinski definition) is 5. The predicted molar refractivity (Wildman–Crippen MR) is 98.7 cm³/mol. The number of methoxy groups -OCH3 is 1. The number of fused-ring (bicyclic) bond motifs is 3. The lowest BCUT2D eigenvalue weighted by Crippen LogP contribution is -2.01. The highest BCUT2D eigenvalue weighted by atomic mass is 32.2. The van der Waals surface area contributed by atoms with Gasteiger partial charge in [-0.15, -0.1) is 10.2 Å². The molecule has 0 radical (unpaired) electrons. The lowest BCUT2D eigenvalue weighted by atomic mass is 10.3. The highest BCUT2D eigenvalue weighted by Crippen LogP contribution is 2.25. The van der Waals surface area contributed by atoms with Gasteiger partial charge in [0.1, 0.15) is 11.5 Å². The molecular formula is C18H18N4O2S. The summed E-state index contributed by atoms with van der Waals surface area (Å²) in [6.45, 7) is 0.581. The number of aryl methyl sites for hydroxylation is 1. The molecule has 7 heteroatoms. The van der Waals surface area contributed by atoms with Gasteiger partial charge in [0.15, 0.2) is 5.16 Å². The molecule has 0 spiro atoms. The van der Waals surface area contributed by atoms with Crippen LogP contribution in [-0.4, -0.2) is 38.6 Å². The van der Waals surface area contributed by atoms with Gasteiger partial charge in [-0.25, -0.2) is 0 Å². The summed E-state index contributed by atoms with van der Waals surface area (Å²) < 4.78 is 15.1. The van der Waals surface area contributed by atoms with Crippen LogP contribution in [0.2, 0.25) is 0 Å². The fourth-order valence-corrected chi connectivity index (χ4v) is 3.57. The molecule has 0 bridgehead atoms. The van der Waals surface area contributed by atoms with Gasteiger partial charge in [0.2, 0.25) is 5.78 Å². The maximum atomic E-state index is 5.79. The monoisotopic (exact) mass is 354 g/mol. The third-order valence-corrected chi connectivity index (χ3v) is 4.92. The quantitative estimate of drug-likeness (QED) is 0.392. The Bertz CT molecular complexity index is 1020. The lowest BCUT2D eigenvalue weighted by molar-refractivity contribution is 0.339. The molecule has 0 unspecified atom stereocenters. The molecule has 128 valence electrons. The molecule has 0 aliphatic rings. The van der Waals surface area contributed by atoms with E-state index in [0.29, 0.717) is 6.61 Å². The average Bonchev–Trinajstić information content (AvgIpc) is 3.19. The van der Waals surface area contributed by atoms with Crippen molar-refractivity contribution in [3.05, 3.63) is 48.5 Å². The third-order valence-electron chi connectivity index (χ3n) is 4.02. The van der Waals surface area contributed by atoms with E-state index in [9.17, 15) is 0 Å². The van der Waals surface area contributed by atoms with Gasteiger partial charge in [-0.3, -0.25) is 4.40 Å². The SMILES string of the molecule is COc1cccc(OCCSc2nnc3n(C)c4ccccc4n23)c1. The highest BCUT2D eigenvalue weighted by Gasteiger charge is 2.14. The summed E-state index contributed by atoms with van der Waals surface area (Å²) in [7, 11) is 3.66. The van der Waals surface area contributed by atoms with Crippen molar-refractivity contribution in [2.45, 2.75) is 5.16 Å². The maximum absolute atomic E-state index is 5.79. The number of benzene rings is 2. The van der Waals surface area contributed by atoms with Crippen LogP contribution in [0.3, 0.4) is 0 Å². The van der Waals surface area contributed by atoms with Crippen molar-refractivity contribution in [1.82, 2.24) is 19.2 Å². The zero-order valence-corrected chi connectivity index (χ0v) is 14.9. The fraction of sp³-hybridized carbons (Fsp3) is 0.222. The Morgan fingerprint density at radius 2 is 1.80 bits per heavy atom. The third kappa shape index (κ3) is 2.91. The van der Waals surface area contributed by atoms with Gasteiger partial charge in [-0.1, -0.05) is 30.0 Å². The zero-order chi connectivity index (χ0) is 17.2. The Kier molecular flexibility index (Phi) is 4.23. The van der Waals surface area contributed by atoms with Crippen molar-refractivity contribution < 1.29 is 9.47 Å². The molecule has 0 saturated carbocycles. The first kappa shape index (κ1) is 15.8. The van der Waals surface area contributed by atoms with Crippen LogP contribution in [-0.2, 0) is 7.05 Å². The minimum atomic E-state index is 0.581. The smallest absolute Gasteiger partial charge is 0.236 e. The minimum absolute atomic E-state index is 0.581. The van der Waals surface area contributed by atoms with E-state index in [-0.39, 0.29) is 0 Å². The summed E-state index contributed by atoms with van der Waals surface area (Å²) in [4.78, 5) is 0. The molecule has 2 aromatic heterocycles. The van der Waals surface area contributed by atoms with Crippen LogP contribution >= 0.6 is 11.8 Å². The van der Waals surface area contributed by atoms with E-state index in [0.717, 1.165) is 39.2 Å². The Hall–Kier alpha value is -2.67. The van der Waals surface area contributed by atoms with Crippen molar-refractivity contribution in [1.29, 1.82) is 0 Å². The van der Waals surface area contributed by atoms with Crippen LogP contribution < -0.4 is 9.47 Å². The number of imidazole rings is 1. The van der Waals surface area contributed by atoms with Crippen molar-refractivity contribution in [3.63, 3.8) is 0 Å². The summed E-state index contributed by atoms with van der Waals surface area (Å²) in [6, 6.07) is 15.9. The van der Waals surface area contributed by atoms with Crippen LogP contribution in [0, 0.1) is 0 Å². The minimum Gasteiger partial charge on any atom is -0.497 e. The van der Waals surface area contributed by atoms with Crippen LogP contribution in [0.25, 0.3) is 16.8 Å². The maximum Gasteiger partial charge on any atom is 0.236 e. The van der Waals surface area contributed by atoms with E-state index in [1.165, 1.54) is 0 Å². The van der Waals surface area contributed by atoms with Crippen molar-refractivity contribution in [2.24, 2.45) is 7.05 Å². The number of hydrogen-bond donors (Lipinski definition) is 0. The standard InChI is InChI=1S/C18H18N4O2S/c1-21-15-8-3-4-9-16(15)22-17(21)19-20-18(22)25-11-10-24-14-7-5-6-13(12-14)23-2/h3-9,12H,10-11H2,1-2H3. The summed E-state index contributed by atoms with van der Waals surface area (Å²) in [6.07, 6.45) is 0. The first-order valence-corrected chi connectivity index (χ1v) is 8.94. The van der Waals surface area contributed by atoms with Gasteiger partial charge in [-0.05, 0) is 24.3 Å². The molecule has 2 aromatic carbocycles. The van der Waals surface area contributed by atoms with Gasteiger partial charge in [0.25, 0.3) is 0 Å². The molecular weight excluding hydrogens is 336 g/mol. The predicted octanol–water partition coefficient (Wildman–Crippen LogP) is 3.40. The van der Waals surface area contributed by atoms with Crippen LogP contribution in [0.5, 0.6) is 11.5 Å². The molecule has 25 heavy (non-hydrogen) atoms. The Labute approximate surface area is 149 Å². The summed E-state index contributed by atoms with van der Waals surface area (Å²) in [5.41, 5.74) is 2.25. The van der Waals surface area contributed by atoms with Gasteiger partial charge in [-0.2, -0.15) is 0 Å². The first-order valence-electron chi connectivity index (χ1n) is 7.96. The molecule has 2 heterocycles. The molecule has 4 rings (SSSR count). The first-order chi connectivity index (χ1) is 12.3. The number of rotatable bonds is 6. The fourth-order valence-electron chi connectivity index (χ4n) is 2.81. The summed E-state index contributed by atoms with van der Waals surface area (Å²) in [5, 5.41) is 9.51. The number of para-hydroxylation sites is 2. The van der Waals surface area contributed by atoms with E-state index in [4.69, 9.17) is 9.47 Å². The van der Waals surface area contributed by atoms with Gasteiger partial charge >= 0.3 is 0 Å². The molecule has 0 N–H and O–H groups in total. The van der Waals surface area contributed by atoms with Gasteiger partial charge < -0.3 is 14.0 Å². The van der Waals surface area contributed by atoms with E-state index in [1.54, 1.807) is 18.9 Å². The van der Waals surface area contributed by atoms with Crippen LogP contribution in [0.4, 0.5) is 0 Å². The second-order valence-electron chi connectivity index (χ2n) is 5.54. The normalized spacial score (nSPS) is 11.3. The molecule has 0 fully saturated rings. The van der Waals surface area contributed by atoms with E-state index < -0.39 is 0 Å². The van der Waals surface area contributed by atoms with Crippen LogP contribution in [0.15, 0.2) is 53.7 Å². The molecule has 6 nitrogen and oxygen atoms in total. The molecule has 0 aliphatic heterocycles. The largest absolute Gasteiger partial charge is 0.497 e. The molecule has 0 aliphatic carbocycles. The van der Waals surface area contributed by atoms with Gasteiger partial charge in [0.05, 0.1) is 24.8 Å². The molecule has 4 aromatic rings.